The summed E-state index contributed by atoms with van der Waals surface area (Å²) in [6.07, 6.45) is 0.972. The van der Waals surface area contributed by atoms with E-state index in [9.17, 15) is 4.79 Å². The Kier molecular flexibility index (Phi) is 4.16. The maximum absolute atomic E-state index is 12.4. The zero-order valence-corrected chi connectivity index (χ0v) is 13.7. The molecule has 0 bridgehead atoms. The summed E-state index contributed by atoms with van der Waals surface area (Å²) >= 11 is 12.6. The predicted octanol–water partition coefficient (Wildman–Crippen LogP) is 4.78. The van der Waals surface area contributed by atoms with E-state index in [1.54, 1.807) is 0 Å². The smallest absolute Gasteiger partial charge is 0.231 e. The number of rotatable bonds is 4. The third kappa shape index (κ3) is 2.86. The van der Waals surface area contributed by atoms with Gasteiger partial charge in [-0.05, 0) is 29.7 Å². The predicted molar refractivity (Wildman–Crippen MR) is 91.6 cm³/mol. The van der Waals surface area contributed by atoms with Crippen LogP contribution in [0.5, 0.6) is 0 Å². The number of benzene rings is 2. The van der Waals surface area contributed by atoms with Crippen LogP contribution < -0.4 is 5.32 Å². The van der Waals surface area contributed by atoms with Gasteiger partial charge in [0.1, 0.15) is 4.33 Å². The van der Waals surface area contributed by atoms with Crippen molar-refractivity contribution in [2.24, 2.45) is 5.92 Å². The van der Waals surface area contributed by atoms with E-state index in [0.717, 1.165) is 17.7 Å². The first-order valence-electron chi connectivity index (χ1n) is 7.36. The standard InChI is InChI=1S/C18H17Cl2NO/c1-2-12-8-10-14(11-9-12)21-17(22)16-15(18(16,19)20)13-6-4-3-5-7-13/h3-11,15-16H,2H2,1H3,(H,21,22)/t15-,16-/m0/s1. The molecule has 4 heteroatoms. The van der Waals surface area contributed by atoms with Crippen LogP contribution in [0, 0.1) is 5.92 Å². The maximum Gasteiger partial charge on any atom is 0.231 e. The highest BCUT2D eigenvalue weighted by Crippen LogP contribution is 2.65. The molecule has 1 saturated carbocycles. The van der Waals surface area contributed by atoms with Crippen molar-refractivity contribution < 1.29 is 4.79 Å². The number of halogens is 2. The topological polar surface area (TPSA) is 29.1 Å². The third-order valence-electron chi connectivity index (χ3n) is 4.12. The molecule has 1 N–H and O–H groups in total. The number of carbonyl (C=O) groups is 1. The van der Waals surface area contributed by atoms with E-state index in [2.05, 4.69) is 12.2 Å². The van der Waals surface area contributed by atoms with E-state index in [4.69, 9.17) is 23.2 Å². The molecule has 0 radical (unpaired) electrons. The average Bonchev–Trinajstić information content (AvgIpc) is 3.11. The van der Waals surface area contributed by atoms with Crippen molar-refractivity contribution in [2.75, 3.05) is 5.32 Å². The fourth-order valence-electron chi connectivity index (χ4n) is 2.77. The van der Waals surface area contributed by atoms with Crippen molar-refractivity contribution in [1.82, 2.24) is 0 Å². The molecule has 2 nitrogen and oxygen atoms in total. The maximum atomic E-state index is 12.4. The first-order valence-corrected chi connectivity index (χ1v) is 8.12. The number of hydrogen-bond acceptors (Lipinski definition) is 1. The number of alkyl halides is 2. The molecule has 0 heterocycles. The molecule has 2 atom stereocenters. The minimum Gasteiger partial charge on any atom is -0.326 e. The van der Waals surface area contributed by atoms with Crippen LogP contribution in [-0.2, 0) is 11.2 Å². The fraction of sp³-hybridized carbons (Fsp3) is 0.278. The van der Waals surface area contributed by atoms with Gasteiger partial charge in [-0.3, -0.25) is 4.79 Å². The molecule has 0 unspecified atom stereocenters. The lowest BCUT2D eigenvalue weighted by Gasteiger charge is -2.06. The van der Waals surface area contributed by atoms with E-state index in [1.807, 2.05) is 54.6 Å². The molecular weight excluding hydrogens is 317 g/mol. The van der Waals surface area contributed by atoms with Gasteiger partial charge in [-0.1, -0.05) is 49.4 Å². The van der Waals surface area contributed by atoms with Crippen LogP contribution in [0.1, 0.15) is 24.0 Å². The lowest BCUT2D eigenvalue weighted by Crippen LogP contribution is -2.17. The lowest BCUT2D eigenvalue weighted by atomic mass is 10.1. The Balaban J connectivity index is 1.72. The molecule has 1 amide bonds. The summed E-state index contributed by atoms with van der Waals surface area (Å²) in [5.41, 5.74) is 3.00. The SMILES string of the molecule is CCc1ccc(NC(=O)[C@@H]2[C@H](c3ccccc3)C2(Cl)Cl)cc1. The van der Waals surface area contributed by atoms with Gasteiger partial charge in [0, 0.05) is 11.6 Å². The minimum absolute atomic E-state index is 0.136. The van der Waals surface area contributed by atoms with Crippen LogP contribution in [0.25, 0.3) is 0 Å². The number of anilines is 1. The van der Waals surface area contributed by atoms with Gasteiger partial charge < -0.3 is 5.32 Å². The Bertz CT molecular complexity index is 667. The summed E-state index contributed by atoms with van der Waals surface area (Å²) in [6.45, 7) is 2.09. The van der Waals surface area contributed by atoms with Crippen molar-refractivity contribution in [3.63, 3.8) is 0 Å². The largest absolute Gasteiger partial charge is 0.326 e. The van der Waals surface area contributed by atoms with Gasteiger partial charge in [0.15, 0.2) is 0 Å². The van der Waals surface area contributed by atoms with Crippen molar-refractivity contribution in [2.45, 2.75) is 23.6 Å². The van der Waals surface area contributed by atoms with Gasteiger partial charge >= 0.3 is 0 Å². The van der Waals surface area contributed by atoms with Gasteiger partial charge in [0.2, 0.25) is 5.91 Å². The summed E-state index contributed by atoms with van der Waals surface area (Å²) in [4.78, 5) is 12.4. The van der Waals surface area contributed by atoms with Crippen LogP contribution in [0.15, 0.2) is 54.6 Å². The van der Waals surface area contributed by atoms with E-state index in [1.165, 1.54) is 5.56 Å². The third-order valence-corrected chi connectivity index (χ3v) is 5.06. The highest BCUT2D eigenvalue weighted by molar-refractivity contribution is 6.53. The average molecular weight is 334 g/mol. The fourth-order valence-corrected chi connectivity index (χ4v) is 3.60. The summed E-state index contributed by atoms with van der Waals surface area (Å²) in [7, 11) is 0. The molecule has 0 aliphatic heterocycles. The molecule has 0 saturated heterocycles. The Morgan fingerprint density at radius 3 is 2.32 bits per heavy atom. The molecule has 2 aromatic carbocycles. The number of amides is 1. The second-order valence-corrected chi connectivity index (χ2v) is 7.02. The number of hydrogen-bond donors (Lipinski definition) is 1. The Morgan fingerprint density at radius 2 is 1.73 bits per heavy atom. The summed E-state index contributed by atoms with van der Waals surface area (Å²) in [6, 6.07) is 17.5. The van der Waals surface area contributed by atoms with Crippen molar-refractivity contribution in [3.8, 4) is 0 Å². The molecule has 1 fully saturated rings. The van der Waals surface area contributed by atoms with Crippen LogP contribution in [-0.4, -0.2) is 10.2 Å². The van der Waals surface area contributed by atoms with Crippen molar-refractivity contribution in [3.05, 3.63) is 65.7 Å². The zero-order valence-electron chi connectivity index (χ0n) is 12.2. The van der Waals surface area contributed by atoms with Gasteiger partial charge in [-0.25, -0.2) is 0 Å². The van der Waals surface area contributed by atoms with Gasteiger partial charge in [0.05, 0.1) is 5.92 Å². The normalized spacial score (nSPS) is 22.1. The van der Waals surface area contributed by atoms with E-state index in [0.29, 0.717) is 0 Å². The molecule has 114 valence electrons. The van der Waals surface area contributed by atoms with Crippen LogP contribution in [0.3, 0.4) is 0 Å². The van der Waals surface area contributed by atoms with Gasteiger partial charge in [0.25, 0.3) is 0 Å². The molecule has 22 heavy (non-hydrogen) atoms. The van der Waals surface area contributed by atoms with Gasteiger partial charge in [-0.15, -0.1) is 23.2 Å². The van der Waals surface area contributed by atoms with E-state index in [-0.39, 0.29) is 11.8 Å². The monoisotopic (exact) mass is 333 g/mol. The lowest BCUT2D eigenvalue weighted by molar-refractivity contribution is -0.117. The number of nitrogens with one attached hydrogen (secondary N) is 1. The summed E-state index contributed by atoms with van der Waals surface area (Å²) in [5.74, 6) is -0.723. The number of aryl methyl sites for hydroxylation is 1. The second kappa shape index (κ2) is 5.94. The van der Waals surface area contributed by atoms with Crippen molar-refractivity contribution >= 4 is 34.8 Å². The van der Waals surface area contributed by atoms with E-state index < -0.39 is 10.3 Å². The highest BCUT2D eigenvalue weighted by Gasteiger charge is 2.67. The minimum atomic E-state index is -1.03. The molecule has 1 aliphatic rings. The van der Waals surface area contributed by atoms with Crippen LogP contribution >= 0.6 is 23.2 Å². The summed E-state index contributed by atoms with van der Waals surface area (Å²) < 4.78 is -1.03. The first kappa shape index (κ1) is 15.4. The van der Waals surface area contributed by atoms with Crippen molar-refractivity contribution in [1.29, 1.82) is 0 Å². The first-order chi connectivity index (χ1) is 10.5. The van der Waals surface area contributed by atoms with E-state index >= 15 is 0 Å². The second-order valence-electron chi connectivity index (χ2n) is 5.58. The Hall–Kier alpha value is -1.51. The Morgan fingerprint density at radius 1 is 1.09 bits per heavy atom. The molecular formula is C18H17Cl2NO. The van der Waals surface area contributed by atoms with Gasteiger partial charge in [-0.2, -0.15) is 0 Å². The Labute approximate surface area is 140 Å². The quantitative estimate of drug-likeness (QED) is 0.802. The molecule has 1 aliphatic carbocycles. The zero-order chi connectivity index (χ0) is 15.7. The summed E-state index contributed by atoms with van der Waals surface area (Å²) in [5, 5.41) is 2.90. The molecule has 2 aromatic rings. The molecule has 0 aromatic heterocycles. The number of carbonyl (C=O) groups excluding carboxylic acids is 1. The molecule has 0 spiro atoms. The molecule has 3 rings (SSSR count). The van der Waals surface area contributed by atoms with Crippen LogP contribution in [0.4, 0.5) is 5.69 Å². The van der Waals surface area contributed by atoms with Crippen LogP contribution in [0.2, 0.25) is 0 Å². The highest BCUT2D eigenvalue weighted by atomic mass is 35.5.